The first-order valence-corrected chi connectivity index (χ1v) is 8.88. The summed E-state index contributed by atoms with van der Waals surface area (Å²) in [5.74, 6) is 0.835. The van der Waals surface area contributed by atoms with Gasteiger partial charge in [-0.3, -0.25) is 0 Å². The molecule has 0 saturated carbocycles. The maximum absolute atomic E-state index is 6.74. The van der Waals surface area contributed by atoms with Crippen molar-refractivity contribution in [3.8, 4) is 0 Å². The molecular formula is C21H17ClS. The van der Waals surface area contributed by atoms with Crippen LogP contribution in [0.5, 0.6) is 0 Å². The Hall–Kier alpha value is -1.96. The summed E-state index contributed by atoms with van der Waals surface area (Å²) in [4.78, 5) is 1.25. The van der Waals surface area contributed by atoms with Gasteiger partial charge in [-0.25, -0.2) is 0 Å². The van der Waals surface area contributed by atoms with Gasteiger partial charge in [0.25, 0.3) is 0 Å². The lowest BCUT2D eigenvalue weighted by atomic mass is 10.0. The standard InChI is InChI=1S/C21H17ClS/c22-21(18-12-6-2-7-13-18)20(17-10-4-1-5-11-17)16-23-19-14-8-3-9-15-19/h1-15H,16H2. The van der Waals surface area contributed by atoms with E-state index in [9.17, 15) is 0 Å². The van der Waals surface area contributed by atoms with Crippen LogP contribution in [0.3, 0.4) is 0 Å². The lowest BCUT2D eigenvalue weighted by molar-refractivity contribution is 1.46. The van der Waals surface area contributed by atoms with E-state index in [0.29, 0.717) is 0 Å². The predicted molar refractivity (Wildman–Crippen MR) is 103 cm³/mol. The van der Waals surface area contributed by atoms with Crippen LogP contribution < -0.4 is 0 Å². The highest BCUT2D eigenvalue weighted by atomic mass is 35.5. The first-order chi connectivity index (χ1) is 11.3. The monoisotopic (exact) mass is 336 g/mol. The van der Waals surface area contributed by atoms with Gasteiger partial charge in [-0.2, -0.15) is 0 Å². The minimum absolute atomic E-state index is 0.820. The molecule has 0 saturated heterocycles. The fourth-order valence-corrected chi connectivity index (χ4v) is 3.70. The highest BCUT2D eigenvalue weighted by Crippen LogP contribution is 2.34. The van der Waals surface area contributed by atoms with E-state index in [-0.39, 0.29) is 0 Å². The van der Waals surface area contributed by atoms with Gasteiger partial charge >= 0.3 is 0 Å². The molecule has 0 aliphatic heterocycles. The summed E-state index contributed by atoms with van der Waals surface area (Å²) in [6.45, 7) is 0. The summed E-state index contributed by atoms with van der Waals surface area (Å²) in [5, 5.41) is 0.820. The molecule has 0 spiro atoms. The molecule has 0 N–H and O–H groups in total. The second kappa shape index (κ2) is 8.05. The van der Waals surface area contributed by atoms with Crippen molar-refractivity contribution in [3.05, 3.63) is 102 Å². The van der Waals surface area contributed by atoms with Crippen LogP contribution in [0.2, 0.25) is 0 Å². The maximum Gasteiger partial charge on any atom is 0.0524 e. The molecule has 3 aromatic rings. The average molecular weight is 337 g/mol. The van der Waals surface area contributed by atoms with E-state index in [4.69, 9.17) is 11.6 Å². The van der Waals surface area contributed by atoms with Crippen LogP contribution >= 0.6 is 23.4 Å². The summed E-state index contributed by atoms with van der Waals surface area (Å²) in [6, 6.07) is 30.9. The Morgan fingerprint density at radius 1 is 0.652 bits per heavy atom. The molecule has 3 rings (SSSR count). The van der Waals surface area contributed by atoms with Gasteiger partial charge in [-0.05, 0) is 28.8 Å². The Labute approximate surface area is 146 Å². The molecule has 0 radical (unpaired) electrons. The minimum Gasteiger partial charge on any atom is -0.121 e. The van der Waals surface area contributed by atoms with Crippen LogP contribution in [0.25, 0.3) is 10.6 Å². The van der Waals surface area contributed by atoms with Gasteiger partial charge < -0.3 is 0 Å². The highest BCUT2D eigenvalue weighted by Gasteiger charge is 2.10. The molecule has 114 valence electrons. The smallest absolute Gasteiger partial charge is 0.0524 e. The predicted octanol–water partition coefficient (Wildman–Crippen LogP) is 6.59. The molecule has 0 atom stereocenters. The van der Waals surface area contributed by atoms with E-state index in [0.717, 1.165) is 21.9 Å². The maximum atomic E-state index is 6.74. The van der Waals surface area contributed by atoms with Crippen molar-refractivity contribution in [2.24, 2.45) is 0 Å². The number of thioether (sulfide) groups is 1. The van der Waals surface area contributed by atoms with E-state index in [1.54, 1.807) is 11.8 Å². The van der Waals surface area contributed by atoms with E-state index >= 15 is 0 Å². The molecule has 3 aromatic carbocycles. The van der Waals surface area contributed by atoms with E-state index in [1.807, 2.05) is 30.3 Å². The largest absolute Gasteiger partial charge is 0.121 e. The van der Waals surface area contributed by atoms with E-state index in [1.165, 1.54) is 10.5 Å². The molecule has 2 heteroatoms. The van der Waals surface area contributed by atoms with Gasteiger partial charge in [0.05, 0.1) is 5.03 Å². The molecule has 0 unspecified atom stereocenters. The highest BCUT2D eigenvalue weighted by molar-refractivity contribution is 7.99. The molecule has 0 bridgehead atoms. The van der Waals surface area contributed by atoms with Crippen LogP contribution in [0.15, 0.2) is 95.9 Å². The Balaban J connectivity index is 1.94. The number of rotatable bonds is 5. The topological polar surface area (TPSA) is 0 Å². The van der Waals surface area contributed by atoms with E-state index < -0.39 is 0 Å². The quantitative estimate of drug-likeness (QED) is 0.374. The molecule has 0 aliphatic rings. The summed E-state index contributed by atoms with van der Waals surface area (Å²) < 4.78 is 0. The lowest BCUT2D eigenvalue weighted by Gasteiger charge is -2.12. The van der Waals surface area contributed by atoms with Crippen molar-refractivity contribution in [2.75, 3.05) is 5.75 Å². The van der Waals surface area contributed by atoms with E-state index in [2.05, 4.69) is 60.7 Å². The van der Waals surface area contributed by atoms with Gasteiger partial charge in [0.1, 0.15) is 0 Å². The zero-order valence-electron chi connectivity index (χ0n) is 12.7. The summed E-state index contributed by atoms with van der Waals surface area (Å²) in [5.41, 5.74) is 3.39. The van der Waals surface area contributed by atoms with Crippen LogP contribution in [0.4, 0.5) is 0 Å². The number of hydrogen-bond donors (Lipinski definition) is 0. The van der Waals surface area contributed by atoms with Crippen LogP contribution in [-0.4, -0.2) is 5.75 Å². The zero-order valence-corrected chi connectivity index (χ0v) is 14.2. The Kier molecular flexibility index (Phi) is 5.57. The zero-order chi connectivity index (χ0) is 15.9. The van der Waals surface area contributed by atoms with Gasteiger partial charge in [0.2, 0.25) is 0 Å². The molecule has 0 heterocycles. The van der Waals surface area contributed by atoms with Gasteiger partial charge in [-0.15, -0.1) is 11.8 Å². The van der Waals surface area contributed by atoms with Gasteiger partial charge in [0, 0.05) is 10.6 Å². The third-order valence-electron chi connectivity index (χ3n) is 3.54. The van der Waals surface area contributed by atoms with Crippen molar-refractivity contribution < 1.29 is 0 Å². The Morgan fingerprint density at radius 3 is 1.70 bits per heavy atom. The van der Waals surface area contributed by atoms with Crippen molar-refractivity contribution >= 4 is 34.0 Å². The summed E-state index contributed by atoms with van der Waals surface area (Å²) in [7, 11) is 0. The van der Waals surface area contributed by atoms with Gasteiger partial charge in [0.15, 0.2) is 0 Å². The third-order valence-corrected chi connectivity index (χ3v) is 5.03. The number of hydrogen-bond acceptors (Lipinski definition) is 1. The average Bonchev–Trinajstić information content (AvgIpc) is 2.64. The van der Waals surface area contributed by atoms with Crippen LogP contribution in [0.1, 0.15) is 11.1 Å². The SMILES string of the molecule is ClC(=C(CSc1ccccc1)c1ccccc1)c1ccccc1. The summed E-state index contributed by atoms with van der Waals surface area (Å²) >= 11 is 8.54. The first-order valence-electron chi connectivity index (χ1n) is 7.52. The first kappa shape index (κ1) is 15.9. The molecule has 0 fully saturated rings. The van der Waals surface area contributed by atoms with Crippen molar-refractivity contribution in [1.29, 1.82) is 0 Å². The van der Waals surface area contributed by atoms with Crippen LogP contribution in [-0.2, 0) is 0 Å². The Bertz CT molecular complexity index is 765. The summed E-state index contributed by atoms with van der Waals surface area (Å²) in [6.07, 6.45) is 0. The van der Waals surface area contributed by atoms with Crippen molar-refractivity contribution in [1.82, 2.24) is 0 Å². The normalized spacial score (nSPS) is 11.9. The van der Waals surface area contributed by atoms with Crippen molar-refractivity contribution in [3.63, 3.8) is 0 Å². The lowest BCUT2D eigenvalue weighted by Crippen LogP contribution is -1.92. The molecule has 0 aliphatic carbocycles. The van der Waals surface area contributed by atoms with Gasteiger partial charge in [-0.1, -0.05) is 90.5 Å². The fourth-order valence-electron chi connectivity index (χ4n) is 2.34. The second-order valence-corrected chi connectivity index (χ2v) is 6.55. The molecule has 0 nitrogen and oxygen atoms in total. The molecule has 0 amide bonds. The molecule has 0 aromatic heterocycles. The number of benzene rings is 3. The molecule has 23 heavy (non-hydrogen) atoms. The third kappa shape index (κ3) is 4.28. The molecular weight excluding hydrogens is 320 g/mol. The van der Waals surface area contributed by atoms with Crippen LogP contribution in [0, 0.1) is 0 Å². The minimum atomic E-state index is 0.820. The second-order valence-electron chi connectivity index (χ2n) is 5.13. The fraction of sp³-hybridized carbons (Fsp3) is 0.0476. The van der Waals surface area contributed by atoms with Crippen molar-refractivity contribution in [2.45, 2.75) is 4.90 Å². The Morgan fingerprint density at radius 2 is 1.13 bits per heavy atom. The number of halogens is 1.